The van der Waals surface area contributed by atoms with Crippen LogP contribution in [0.1, 0.15) is 24.1 Å². The predicted octanol–water partition coefficient (Wildman–Crippen LogP) is 3.62. The highest BCUT2D eigenvalue weighted by Gasteiger charge is 2.10. The van der Waals surface area contributed by atoms with Crippen LogP contribution >= 0.6 is 0 Å². The summed E-state index contributed by atoms with van der Waals surface area (Å²) in [4.78, 5) is 1.79. The Morgan fingerprint density at radius 3 is 2.30 bits per heavy atom. The van der Waals surface area contributed by atoms with Crippen LogP contribution in [0.4, 0.5) is 14.5 Å². The Hall–Kier alpha value is -1.94. The molecule has 0 aliphatic rings. The van der Waals surface area contributed by atoms with E-state index in [0.717, 1.165) is 11.1 Å². The Morgan fingerprint density at radius 2 is 1.75 bits per heavy atom. The molecule has 2 rings (SSSR count). The molecule has 106 valence electrons. The van der Waals surface area contributed by atoms with E-state index in [0.29, 0.717) is 12.2 Å². The molecule has 4 heteroatoms. The van der Waals surface area contributed by atoms with Gasteiger partial charge in [-0.2, -0.15) is 0 Å². The number of benzene rings is 2. The van der Waals surface area contributed by atoms with Gasteiger partial charge in [-0.25, -0.2) is 8.78 Å². The second-order valence-corrected chi connectivity index (χ2v) is 4.98. The first kappa shape index (κ1) is 14.5. The van der Waals surface area contributed by atoms with Gasteiger partial charge >= 0.3 is 0 Å². The van der Waals surface area contributed by atoms with E-state index in [4.69, 9.17) is 5.73 Å². The largest absolute Gasteiger partial charge is 0.368 e. The summed E-state index contributed by atoms with van der Waals surface area (Å²) in [5.41, 5.74) is 7.92. The minimum Gasteiger partial charge on any atom is -0.368 e. The molecule has 0 aliphatic carbocycles. The molecular weight excluding hydrogens is 258 g/mol. The molecule has 0 saturated carbocycles. The molecular formula is C16H18F2N2. The molecule has 0 saturated heterocycles. The van der Waals surface area contributed by atoms with Crippen molar-refractivity contribution in [3.05, 3.63) is 65.2 Å². The summed E-state index contributed by atoms with van der Waals surface area (Å²) in [5, 5.41) is 0. The lowest BCUT2D eigenvalue weighted by Crippen LogP contribution is -2.18. The van der Waals surface area contributed by atoms with Crippen molar-refractivity contribution in [3.8, 4) is 0 Å². The monoisotopic (exact) mass is 276 g/mol. The van der Waals surface area contributed by atoms with Gasteiger partial charge in [-0.05, 0) is 42.3 Å². The summed E-state index contributed by atoms with van der Waals surface area (Å²) in [6, 6.07) is 11.0. The fourth-order valence-corrected chi connectivity index (χ4v) is 2.06. The van der Waals surface area contributed by atoms with E-state index in [1.807, 2.05) is 13.0 Å². The molecule has 0 fully saturated rings. The highest BCUT2D eigenvalue weighted by atomic mass is 19.1. The molecule has 2 N–H and O–H groups in total. The van der Waals surface area contributed by atoms with Crippen LogP contribution in [0.25, 0.3) is 0 Å². The topological polar surface area (TPSA) is 29.3 Å². The third-order valence-electron chi connectivity index (χ3n) is 3.24. The van der Waals surface area contributed by atoms with E-state index >= 15 is 0 Å². The van der Waals surface area contributed by atoms with Crippen LogP contribution in [0.15, 0.2) is 42.5 Å². The van der Waals surface area contributed by atoms with E-state index in [1.54, 1.807) is 30.1 Å². The molecule has 1 atom stereocenters. The first-order valence-corrected chi connectivity index (χ1v) is 6.48. The Balaban J connectivity index is 2.16. The summed E-state index contributed by atoms with van der Waals surface area (Å²) >= 11 is 0. The highest BCUT2D eigenvalue weighted by molar-refractivity contribution is 5.49. The van der Waals surface area contributed by atoms with Crippen LogP contribution in [0.3, 0.4) is 0 Å². The van der Waals surface area contributed by atoms with Gasteiger partial charge in [0.1, 0.15) is 11.6 Å². The molecule has 0 heterocycles. The molecule has 2 nitrogen and oxygen atoms in total. The van der Waals surface area contributed by atoms with Crippen LogP contribution in [0.5, 0.6) is 0 Å². The molecule has 2 aromatic rings. The number of hydrogen-bond acceptors (Lipinski definition) is 2. The van der Waals surface area contributed by atoms with Crippen LogP contribution in [-0.4, -0.2) is 7.05 Å². The molecule has 0 aliphatic heterocycles. The van der Waals surface area contributed by atoms with Gasteiger partial charge in [-0.3, -0.25) is 0 Å². The molecule has 0 radical (unpaired) electrons. The van der Waals surface area contributed by atoms with Gasteiger partial charge in [0.15, 0.2) is 0 Å². The summed E-state index contributed by atoms with van der Waals surface area (Å²) in [6.07, 6.45) is 0. The molecule has 20 heavy (non-hydrogen) atoms. The van der Waals surface area contributed by atoms with Crippen LogP contribution in [0, 0.1) is 11.6 Å². The molecule has 2 aromatic carbocycles. The van der Waals surface area contributed by atoms with E-state index < -0.39 is 0 Å². The van der Waals surface area contributed by atoms with E-state index in [9.17, 15) is 8.78 Å². The zero-order valence-corrected chi connectivity index (χ0v) is 11.6. The van der Waals surface area contributed by atoms with Crippen molar-refractivity contribution < 1.29 is 8.78 Å². The molecule has 0 bridgehead atoms. The van der Waals surface area contributed by atoms with Crippen molar-refractivity contribution in [1.29, 1.82) is 0 Å². The number of nitrogens with zero attached hydrogens (tertiary/aromatic N) is 1. The lowest BCUT2D eigenvalue weighted by Gasteiger charge is -2.21. The minimum atomic E-state index is -0.301. The number of hydrogen-bond donors (Lipinski definition) is 1. The first-order valence-electron chi connectivity index (χ1n) is 6.48. The van der Waals surface area contributed by atoms with Gasteiger partial charge < -0.3 is 10.6 Å². The minimum absolute atomic E-state index is 0.194. The fourth-order valence-electron chi connectivity index (χ4n) is 2.06. The van der Waals surface area contributed by atoms with Crippen LogP contribution in [0.2, 0.25) is 0 Å². The quantitative estimate of drug-likeness (QED) is 0.924. The average Bonchev–Trinajstić information content (AvgIpc) is 2.41. The number of halogens is 2. The Labute approximate surface area is 117 Å². The van der Waals surface area contributed by atoms with Gasteiger partial charge in [0, 0.05) is 19.6 Å². The second kappa shape index (κ2) is 6.01. The highest BCUT2D eigenvalue weighted by Crippen LogP contribution is 2.23. The standard InChI is InChI=1S/C16H18F2N2/c1-11(19)13-5-8-16(15(18)9-13)20(2)10-12-3-6-14(17)7-4-12/h3-9,11H,10,19H2,1-2H3/t11-/m1/s1. The van der Waals surface area contributed by atoms with Gasteiger partial charge in [0.05, 0.1) is 5.69 Å². The van der Waals surface area contributed by atoms with Crippen molar-refractivity contribution in [2.24, 2.45) is 5.73 Å². The third-order valence-corrected chi connectivity index (χ3v) is 3.24. The molecule has 0 spiro atoms. The number of anilines is 1. The number of nitrogens with two attached hydrogens (primary N) is 1. The van der Waals surface area contributed by atoms with Crippen LogP contribution in [-0.2, 0) is 6.54 Å². The van der Waals surface area contributed by atoms with Crippen molar-refractivity contribution >= 4 is 5.69 Å². The summed E-state index contributed by atoms with van der Waals surface area (Å²) < 4.78 is 26.9. The zero-order chi connectivity index (χ0) is 14.7. The third kappa shape index (κ3) is 3.33. The maximum Gasteiger partial charge on any atom is 0.146 e. The van der Waals surface area contributed by atoms with E-state index in [-0.39, 0.29) is 17.7 Å². The van der Waals surface area contributed by atoms with Gasteiger partial charge in [0.25, 0.3) is 0 Å². The smallest absolute Gasteiger partial charge is 0.146 e. The van der Waals surface area contributed by atoms with E-state index in [2.05, 4.69) is 0 Å². The summed E-state index contributed by atoms with van der Waals surface area (Å²) in [7, 11) is 1.80. The van der Waals surface area contributed by atoms with Crippen molar-refractivity contribution in [3.63, 3.8) is 0 Å². The fraction of sp³-hybridized carbons (Fsp3) is 0.250. The Bertz CT molecular complexity index is 580. The van der Waals surface area contributed by atoms with Gasteiger partial charge in [-0.15, -0.1) is 0 Å². The SMILES string of the molecule is C[C@@H](N)c1ccc(N(C)Cc2ccc(F)cc2)c(F)c1. The van der Waals surface area contributed by atoms with E-state index in [1.165, 1.54) is 18.2 Å². The first-order chi connectivity index (χ1) is 9.47. The average molecular weight is 276 g/mol. The Morgan fingerprint density at radius 1 is 1.10 bits per heavy atom. The van der Waals surface area contributed by atoms with Gasteiger partial charge in [0.2, 0.25) is 0 Å². The lowest BCUT2D eigenvalue weighted by molar-refractivity contribution is 0.616. The maximum atomic E-state index is 14.1. The molecule has 0 aromatic heterocycles. The van der Waals surface area contributed by atoms with Gasteiger partial charge in [-0.1, -0.05) is 18.2 Å². The maximum absolute atomic E-state index is 14.1. The normalized spacial score (nSPS) is 12.2. The predicted molar refractivity (Wildman–Crippen MR) is 77.5 cm³/mol. The lowest BCUT2D eigenvalue weighted by atomic mass is 10.1. The van der Waals surface area contributed by atoms with Crippen molar-refractivity contribution in [1.82, 2.24) is 0 Å². The number of rotatable bonds is 4. The zero-order valence-electron chi connectivity index (χ0n) is 11.6. The molecule has 0 unspecified atom stereocenters. The van der Waals surface area contributed by atoms with Crippen molar-refractivity contribution in [2.45, 2.75) is 19.5 Å². The summed E-state index contributed by atoms with van der Waals surface area (Å²) in [5.74, 6) is -0.576. The van der Waals surface area contributed by atoms with Crippen LogP contribution < -0.4 is 10.6 Å². The summed E-state index contributed by atoms with van der Waals surface area (Å²) in [6.45, 7) is 2.32. The van der Waals surface area contributed by atoms with Crippen molar-refractivity contribution in [2.75, 3.05) is 11.9 Å². The Kier molecular flexibility index (Phi) is 4.35. The molecule has 0 amide bonds. The second-order valence-electron chi connectivity index (χ2n) is 4.98.